The van der Waals surface area contributed by atoms with Gasteiger partial charge in [0.15, 0.2) is 0 Å². The Morgan fingerprint density at radius 1 is 1.00 bits per heavy atom. The smallest absolute Gasteiger partial charge is 0.274 e. The minimum absolute atomic E-state index is 0.0391. The number of hydrogen-bond donors (Lipinski definition) is 2. The molecule has 3 rings (SSSR count). The Hall–Kier alpha value is -3.25. The number of amides is 2. The molecule has 0 saturated heterocycles. The Kier molecular flexibility index (Phi) is 5.70. The van der Waals surface area contributed by atoms with Gasteiger partial charge >= 0.3 is 0 Å². The Morgan fingerprint density at radius 2 is 1.75 bits per heavy atom. The minimum Gasteiger partial charge on any atom is -0.319 e. The van der Waals surface area contributed by atoms with E-state index in [0.29, 0.717) is 10.7 Å². The fourth-order valence-electron chi connectivity index (χ4n) is 2.70. The van der Waals surface area contributed by atoms with Gasteiger partial charge in [-0.2, -0.15) is 0 Å². The molecule has 0 saturated carbocycles. The van der Waals surface area contributed by atoms with Crippen molar-refractivity contribution in [2.24, 2.45) is 0 Å². The highest BCUT2D eigenvalue weighted by Gasteiger charge is 2.15. The van der Waals surface area contributed by atoms with Gasteiger partial charge in [0, 0.05) is 11.8 Å². The van der Waals surface area contributed by atoms with Crippen molar-refractivity contribution in [3.05, 3.63) is 88.0 Å². The third kappa shape index (κ3) is 4.35. The zero-order chi connectivity index (χ0) is 20.3. The molecule has 28 heavy (non-hydrogen) atoms. The first-order valence-corrected chi connectivity index (χ1v) is 8.83. The summed E-state index contributed by atoms with van der Waals surface area (Å²) >= 11 is 6.22. The molecule has 2 aromatic carbocycles. The SMILES string of the molecule is Cc1cc(C)c(NC(=O)c2cc(C(=O)Nc3ccccc3F)ccn2)c(Cl)c1. The summed E-state index contributed by atoms with van der Waals surface area (Å²) in [5, 5.41) is 5.61. The van der Waals surface area contributed by atoms with Crippen LogP contribution in [0, 0.1) is 19.7 Å². The van der Waals surface area contributed by atoms with Crippen molar-refractivity contribution in [2.75, 3.05) is 10.6 Å². The van der Waals surface area contributed by atoms with Crippen molar-refractivity contribution in [3.8, 4) is 0 Å². The summed E-state index contributed by atoms with van der Waals surface area (Å²) in [5.74, 6) is -1.60. The number of halogens is 2. The molecule has 2 N–H and O–H groups in total. The summed E-state index contributed by atoms with van der Waals surface area (Å²) in [7, 11) is 0. The van der Waals surface area contributed by atoms with E-state index < -0.39 is 17.6 Å². The fourth-order valence-corrected chi connectivity index (χ4v) is 3.07. The van der Waals surface area contributed by atoms with E-state index in [1.54, 1.807) is 12.1 Å². The third-order valence-electron chi connectivity index (χ3n) is 4.05. The number of anilines is 2. The first kappa shape index (κ1) is 19.5. The number of rotatable bonds is 4. The van der Waals surface area contributed by atoms with Crippen molar-refractivity contribution >= 4 is 34.8 Å². The van der Waals surface area contributed by atoms with Gasteiger partial charge in [-0.3, -0.25) is 14.6 Å². The summed E-state index contributed by atoms with van der Waals surface area (Å²) in [6, 6.07) is 12.2. The highest BCUT2D eigenvalue weighted by Crippen LogP contribution is 2.27. The van der Waals surface area contributed by atoms with Crippen LogP contribution < -0.4 is 10.6 Å². The van der Waals surface area contributed by atoms with Gasteiger partial charge in [0.05, 0.1) is 16.4 Å². The van der Waals surface area contributed by atoms with Crippen molar-refractivity contribution in [1.29, 1.82) is 0 Å². The molecule has 0 spiro atoms. The van der Waals surface area contributed by atoms with Gasteiger partial charge in [0.1, 0.15) is 11.5 Å². The topological polar surface area (TPSA) is 71.1 Å². The minimum atomic E-state index is -0.550. The van der Waals surface area contributed by atoms with Crippen molar-refractivity contribution < 1.29 is 14.0 Å². The Bertz CT molecular complexity index is 1050. The van der Waals surface area contributed by atoms with E-state index in [1.165, 1.54) is 36.5 Å². The molecule has 7 heteroatoms. The molecular formula is C21H17ClFN3O2. The van der Waals surface area contributed by atoms with Crippen LogP contribution in [0.25, 0.3) is 0 Å². The lowest BCUT2D eigenvalue weighted by atomic mass is 10.1. The van der Waals surface area contributed by atoms with Crippen molar-refractivity contribution in [2.45, 2.75) is 13.8 Å². The maximum atomic E-state index is 13.7. The maximum absolute atomic E-state index is 13.7. The second-order valence-electron chi connectivity index (χ2n) is 6.26. The van der Waals surface area contributed by atoms with Crippen LogP contribution in [0.15, 0.2) is 54.7 Å². The zero-order valence-corrected chi connectivity index (χ0v) is 16.0. The van der Waals surface area contributed by atoms with Gasteiger partial charge < -0.3 is 10.6 Å². The molecule has 0 bridgehead atoms. The molecule has 1 aromatic heterocycles. The highest BCUT2D eigenvalue weighted by atomic mass is 35.5. The number of carbonyl (C=O) groups excluding carboxylic acids is 2. The molecule has 0 aliphatic carbocycles. The van der Waals surface area contributed by atoms with Crippen molar-refractivity contribution in [1.82, 2.24) is 4.98 Å². The highest BCUT2D eigenvalue weighted by molar-refractivity contribution is 6.34. The largest absolute Gasteiger partial charge is 0.319 e. The molecule has 3 aromatic rings. The van der Waals surface area contributed by atoms with Crippen LogP contribution in [0.3, 0.4) is 0 Å². The molecule has 0 radical (unpaired) electrons. The van der Waals surface area contributed by atoms with Gasteiger partial charge in [0.2, 0.25) is 0 Å². The molecule has 5 nitrogen and oxygen atoms in total. The molecule has 0 aliphatic heterocycles. The average molecular weight is 398 g/mol. The monoisotopic (exact) mass is 397 g/mol. The molecule has 2 amide bonds. The summed E-state index contributed by atoms with van der Waals surface area (Å²) < 4.78 is 13.7. The van der Waals surface area contributed by atoms with E-state index in [4.69, 9.17) is 11.6 Å². The lowest BCUT2D eigenvalue weighted by molar-refractivity contribution is 0.102. The number of pyridine rings is 1. The van der Waals surface area contributed by atoms with Crippen LogP contribution in [0.4, 0.5) is 15.8 Å². The van der Waals surface area contributed by atoms with Gasteiger partial charge in [-0.15, -0.1) is 0 Å². The third-order valence-corrected chi connectivity index (χ3v) is 4.35. The molecule has 142 valence electrons. The quantitative estimate of drug-likeness (QED) is 0.651. The van der Waals surface area contributed by atoms with Crippen LogP contribution in [0.2, 0.25) is 5.02 Å². The number of aryl methyl sites for hydroxylation is 2. The molecule has 0 aliphatic rings. The lowest BCUT2D eigenvalue weighted by Gasteiger charge is -2.12. The summed E-state index contributed by atoms with van der Waals surface area (Å²) in [4.78, 5) is 29.0. The number of nitrogens with zero attached hydrogens (tertiary/aromatic N) is 1. The Morgan fingerprint density at radius 3 is 2.46 bits per heavy atom. The van der Waals surface area contributed by atoms with E-state index in [2.05, 4.69) is 15.6 Å². The Labute approximate surface area is 166 Å². The zero-order valence-electron chi connectivity index (χ0n) is 15.2. The number of benzene rings is 2. The van der Waals surface area contributed by atoms with E-state index in [9.17, 15) is 14.0 Å². The summed E-state index contributed by atoms with van der Waals surface area (Å²) in [6.07, 6.45) is 1.34. The van der Waals surface area contributed by atoms with Crippen molar-refractivity contribution in [3.63, 3.8) is 0 Å². The van der Waals surface area contributed by atoms with Crippen LogP contribution in [-0.4, -0.2) is 16.8 Å². The molecular weight excluding hydrogens is 381 g/mol. The molecule has 0 unspecified atom stereocenters. The van der Waals surface area contributed by atoms with Gasteiger partial charge in [-0.05, 0) is 55.3 Å². The predicted molar refractivity (Wildman–Crippen MR) is 107 cm³/mol. The van der Waals surface area contributed by atoms with Gasteiger partial charge in [0.25, 0.3) is 11.8 Å². The van der Waals surface area contributed by atoms with Crippen LogP contribution in [0.5, 0.6) is 0 Å². The number of aromatic nitrogens is 1. The number of carbonyl (C=O) groups is 2. The average Bonchev–Trinajstić information content (AvgIpc) is 2.66. The molecule has 1 heterocycles. The van der Waals surface area contributed by atoms with Crippen LogP contribution >= 0.6 is 11.6 Å². The second-order valence-corrected chi connectivity index (χ2v) is 6.66. The number of hydrogen-bond acceptors (Lipinski definition) is 3. The van der Waals surface area contributed by atoms with Crippen LogP contribution in [-0.2, 0) is 0 Å². The normalized spacial score (nSPS) is 10.4. The lowest BCUT2D eigenvalue weighted by Crippen LogP contribution is -2.18. The summed E-state index contributed by atoms with van der Waals surface area (Å²) in [5.41, 5.74) is 2.54. The predicted octanol–water partition coefficient (Wildman–Crippen LogP) is 5.00. The maximum Gasteiger partial charge on any atom is 0.274 e. The molecule has 0 fully saturated rings. The Balaban J connectivity index is 1.80. The van der Waals surface area contributed by atoms with Gasteiger partial charge in [-0.25, -0.2) is 4.39 Å². The first-order chi connectivity index (χ1) is 13.3. The van der Waals surface area contributed by atoms with E-state index in [-0.39, 0.29) is 16.9 Å². The van der Waals surface area contributed by atoms with Crippen LogP contribution in [0.1, 0.15) is 32.0 Å². The van der Waals surface area contributed by atoms with E-state index in [0.717, 1.165) is 11.1 Å². The fraction of sp³-hybridized carbons (Fsp3) is 0.0952. The summed E-state index contributed by atoms with van der Waals surface area (Å²) in [6.45, 7) is 3.74. The first-order valence-electron chi connectivity index (χ1n) is 8.45. The second kappa shape index (κ2) is 8.19. The standard InChI is InChI=1S/C21H17ClFN3O2/c1-12-9-13(2)19(15(22)10-12)26-21(28)18-11-14(7-8-24-18)20(27)25-17-6-4-3-5-16(17)23/h3-11H,1-2H3,(H,25,27)(H,26,28). The molecule has 0 atom stereocenters. The number of nitrogens with one attached hydrogen (secondary N) is 2. The van der Waals surface area contributed by atoms with E-state index in [1.807, 2.05) is 19.9 Å². The van der Waals surface area contributed by atoms with Gasteiger partial charge in [-0.1, -0.05) is 29.8 Å². The number of para-hydroxylation sites is 1. The van der Waals surface area contributed by atoms with E-state index >= 15 is 0 Å².